The van der Waals surface area contributed by atoms with Crippen molar-refractivity contribution in [2.24, 2.45) is 11.8 Å². The Morgan fingerprint density at radius 3 is 2.79 bits per heavy atom. The van der Waals surface area contributed by atoms with Gasteiger partial charge in [-0.2, -0.15) is 0 Å². The van der Waals surface area contributed by atoms with Gasteiger partial charge in [0.15, 0.2) is 6.61 Å². The number of hydrogen-bond acceptors (Lipinski definition) is 4. The molecule has 1 aromatic carbocycles. The normalized spacial score (nSPS) is 23.6. The Bertz CT molecular complexity index is 608. The van der Waals surface area contributed by atoms with Gasteiger partial charge in [0.2, 0.25) is 0 Å². The molecule has 1 saturated carbocycles. The van der Waals surface area contributed by atoms with E-state index in [1.165, 1.54) is 18.2 Å². The van der Waals surface area contributed by atoms with Crippen LogP contribution >= 0.6 is 23.4 Å². The van der Waals surface area contributed by atoms with E-state index >= 15 is 0 Å². The van der Waals surface area contributed by atoms with Gasteiger partial charge in [0.05, 0.1) is 10.6 Å². The standard InChI is InChI=1S/C18H24ClNO3S/c1-11-5-4-6-16(12(11)2)20-17(21)10-23-18(22)14-9-13(24-3)7-8-15(14)19/h7-9,11-12,16H,4-6,10H2,1-3H3,(H,20,21)/t11-,12-,16-/m1/s1. The predicted octanol–water partition coefficient (Wildman–Crippen LogP) is 4.16. The number of esters is 1. The molecule has 24 heavy (non-hydrogen) atoms. The summed E-state index contributed by atoms with van der Waals surface area (Å²) in [7, 11) is 0. The Kier molecular flexibility index (Phi) is 6.99. The molecular weight excluding hydrogens is 346 g/mol. The van der Waals surface area contributed by atoms with Crippen molar-refractivity contribution < 1.29 is 14.3 Å². The van der Waals surface area contributed by atoms with Gasteiger partial charge in [0.25, 0.3) is 5.91 Å². The number of halogens is 1. The van der Waals surface area contributed by atoms with Gasteiger partial charge in [-0.15, -0.1) is 11.8 Å². The molecule has 0 aliphatic heterocycles. The fourth-order valence-electron chi connectivity index (χ4n) is 3.03. The third-order valence-electron chi connectivity index (χ3n) is 4.78. The number of hydrogen-bond donors (Lipinski definition) is 1. The summed E-state index contributed by atoms with van der Waals surface area (Å²) in [5, 5.41) is 3.32. The van der Waals surface area contributed by atoms with Crippen LogP contribution in [0.5, 0.6) is 0 Å². The van der Waals surface area contributed by atoms with E-state index in [0.717, 1.165) is 17.7 Å². The smallest absolute Gasteiger partial charge is 0.340 e. The van der Waals surface area contributed by atoms with Gasteiger partial charge in [0.1, 0.15) is 0 Å². The number of benzene rings is 1. The number of rotatable bonds is 5. The van der Waals surface area contributed by atoms with Crippen LogP contribution in [0, 0.1) is 11.8 Å². The van der Waals surface area contributed by atoms with Crippen molar-refractivity contribution >= 4 is 35.2 Å². The van der Waals surface area contributed by atoms with Gasteiger partial charge in [0, 0.05) is 10.9 Å². The van der Waals surface area contributed by atoms with Crippen molar-refractivity contribution in [3.8, 4) is 0 Å². The highest BCUT2D eigenvalue weighted by Gasteiger charge is 2.28. The Hall–Kier alpha value is -1.20. The molecule has 0 unspecified atom stereocenters. The number of ether oxygens (including phenoxy) is 1. The molecule has 1 fully saturated rings. The van der Waals surface area contributed by atoms with Crippen molar-refractivity contribution in [2.75, 3.05) is 12.9 Å². The molecule has 1 amide bonds. The molecule has 1 aliphatic carbocycles. The summed E-state index contributed by atoms with van der Waals surface area (Å²) < 4.78 is 5.13. The predicted molar refractivity (Wildman–Crippen MR) is 97.6 cm³/mol. The summed E-state index contributed by atoms with van der Waals surface area (Å²) in [4.78, 5) is 25.2. The number of carbonyl (C=O) groups excluding carboxylic acids is 2. The highest BCUT2D eigenvalue weighted by Crippen LogP contribution is 2.29. The zero-order valence-corrected chi connectivity index (χ0v) is 15.9. The van der Waals surface area contributed by atoms with E-state index in [1.54, 1.807) is 12.1 Å². The van der Waals surface area contributed by atoms with Crippen LogP contribution in [0.1, 0.15) is 43.5 Å². The molecule has 1 aromatic rings. The molecule has 0 aromatic heterocycles. The van der Waals surface area contributed by atoms with Crippen molar-refractivity contribution in [3.05, 3.63) is 28.8 Å². The second-order valence-corrected chi connectivity index (χ2v) is 7.65. The number of carbonyl (C=O) groups is 2. The van der Waals surface area contributed by atoms with E-state index in [2.05, 4.69) is 19.2 Å². The Labute approximate surface area is 152 Å². The van der Waals surface area contributed by atoms with E-state index in [-0.39, 0.29) is 24.1 Å². The van der Waals surface area contributed by atoms with Gasteiger partial charge in [-0.25, -0.2) is 4.79 Å². The van der Waals surface area contributed by atoms with Crippen molar-refractivity contribution in [3.63, 3.8) is 0 Å². The number of amides is 1. The Balaban J connectivity index is 1.88. The van der Waals surface area contributed by atoms with Crippen LogP contribution in [0.4, 0.5) is 0 Å². The van der Waals surface area contributed by atoms with Crippen LogP contribution in [-0.4, -0.2) is 30.8 Å². The quantitative estimate of drug-likeness (QED) is 0.625. The Morgan fingerprint density at radius 1 is 1.33 bits per heavy atom. The van der Waals surface area contributed by atoms with Crippen molar-refractivity contribution in [1.29, 1.82) is 0 Å². The van der Waals surface area contributed by atoms with Gasteiger partial charge < -0.3 is 10.1 Å². The van der Waals surface area contributed by atoms with E-state index < -0.39 is 5.97 Å². The van der Waals surface area contributed by atoms with Crippen LogP contribution in [0.3, 0.4) is 0 Å². The molecule has 0 bridgehead atoms. The topological polar surface area (TPSA) is 55.4 Å². The summed E-state index contributed by atoms with van der Waals surface area (Å²) in [6.07, 6.45) is 5.21. The number of thioether (sulfide) groups is 1. The Morgan fingerprint density at radius 2 is 2.08 bits per heavy atom. The lowest BCUT2D eigenvalue weighted by Gasteiger charge is -2.34. The lowest BCUT2D eigenvalue weighted by molar-refractivity contribution is -0.125. The largest absolute Gasteiger partial charge is 0.452 e. The first kappa shape index (κ1) is 19.1. The molecule has 132 valence electrons. The molecule has 3 atom stereocenters. The molecule has 1 N–H and O–H groups in total. The summed E-state index contributed by atoms with van der Waals surface area (Å²) in [5.41, 5.74) is 0.288. The van der Waals surface area contributed by atoms with Crippen LogP contribution in [0.15, 0.2) is 23.1 Å². The molecule has 0 radical (unpaired) electrons. The molecule has 1 aliphatic rings. The first-order valence-corrected chi connectivity index (χ1v) is 9.82. The van der Waals surface area contributed by atoms with Crippen LogP contribution in [-0.2, 0) is 9.53 Å². The first-order chi connectivity index (χ1) is 11.4. The molecule has 0 heterocycles. The maximum atomic E-state index is 12.2. The average Bonchev–Trinajstić information content (AvgIpc) is 2.57. The lowest BCUT2D eigenvalue weighted by Crippen LogP contribution is -2.45. The minimum absolute atomic E-state index is 0.156. The molecule has 4 nitrogen and oxygen atoms in total. The maximum absolute atomic E-state index is 12.2. The first-order valence-electron chi connectivity index (χ1n) is 8.22. The van der Waals surface area contributed by atoms with Gasteiger partial charge in [-0.1, -0.05) is 38.3 Å². The maximum Gasteiger partial charge on any atom is 0.340 e. The van der Waals surface area contributed by atoms with E-state index in [0.29, 0.717) is 16.9 Å². The molecular formula is C18H24ClNO3S. The second kappa shape index (κ2) is 8.77. The third-order valence-corrected chi connectivity index (χ3v) is 5.84. The minimum atomic E-state index is -0.573. The van der Waals surface area contributed by atoms with Crippen molar-refractivity contribution in [2.45, 2.75) is 44.0 Å². The summed E-state index contributed by atoms with van der Waals surface area (Å²) in [6.45, 7) is 4.09. The fraction of sp³-hybridized carbons (Fsp3) is 0.556. The van der Waals surface area contributed by atoms with Gasteiger partial charge >= 0.3 is 5.97 Å². The SMILES string of the molecule is CSc1ccc(Cl)c(C(=O)OCC(=O)N[C@@H]2CCC[C@@H](C)[C@H]2C)c1. The fourth-order valence-corrected chi connectivity index (χ4v) is 3.67. The molecule has 0 saturated heterocycles. The lowest BCUT2D eigenvalue weighted by atomic mass is 9.78. The van der Waals surface area contributed by atoms with E-state index in [4.69, 9.17) is 16.3 Å². The van der Waals surface area contributed by atoms with E-state index in [1.807, 2.05) is 12.3 Å². The minimum Gasteiger partial charge on any atom is -0.452 e. The number of nitrogens with one attached hydrogen (secondary N) is 1. The van der Waals surface area contributed by atoms with Crippen LogP contribution in [0.25, 0.3) is 0 Å². The third kappa shape index (κ3) is 4.90. The summed E-state index contributed by atoms with van der Waals surface area (Å²) >= 11 is 7.55. The highest BCUT2D eigenvalue weighted by molar-refractivity contribution is 7.98. The molecule has 0 spiro atoms. The molecule has 6 heteroatoms. The monoisotopic (exact) mass is 369 g/mol. The van der Waals surface area contributed by atoms with Gasteiger partial charge in [-0.3, -0.25) is 4.79 Å². The summed E-state index contributed by atoms with van der Waals surface area (Å²) in [5.74, 6) is 0.202. The average molecular weight is 370 g/mol. The summed E-state index contributed by atoms with van der Waals surface area (Å²) in [6, 6.07) is 5.33. The van der Waals surface area contributed by atoms with E-state index in [9.17, 15) is 9.59 Å². The second-order valence-electron chi connectivity index (χ2n) is 6.36. The van der Waals surface area contributed by atoms with Crippen LogP contribution < -0.4 is 5.32 Å². The zero-order valence-electron chi connectivity index (χ0n) is 14.3. The molecule has 2 rings (SSSR count). The van der Waals surface area contributed by atoms with Crippen molar-refractivity contribution in [1.82, 2.24) is 5.32 Å². The zero-order chi connectivity index (χ0) is 17.7. The van der Waals surface area contributed by atoms with Gasteiger partial charge in [-0.05, 0) is 42.7 Å². The van der Waals surface area contributed by atoms with Crippen LogP contribution in [0.2, 0.25) is 5.02 Å². The highest BCUT2D eigenvalue weighted by atomic mass is 35.5.